The van der Waals surface area contributed by atoms with Gasteiger partial charge in [0.15, 0.2) is 0 Å². The third-order valence-electron chi connectivity index (χ3n) is 4.21. The van der Waals surface area contributed by atoms with E-state index in [2.05, 4.69) is 4.98 Å². The number of nitrogens with zero attached hydrogens (tertiary/aromatic N) is 2. The van der Waals surface area contributed by atoms with Gasteiger partial charge >= 0.3 is 0 Å². The van der Waals surface area contributed by atoms with Gasteiger partial charge in [-0.3, -0.25) is 4.79 Å². The van der Waals surface area contributed by atoms with Crippen molar-refractivity contribution in [3.63, 3.8) is 0 Å². The zero-order valence-electron chi connectivity index (χ0n) is 13.7. The lowest BCUT2D eigenvalue weighted by molar-refractivity contribution is -0.139. The number of likely N-dealkylation sites (tertiary alicyclic amines) is 1. The first kappa shape index (κ1) is 16.6. The largest absolute Gasteiger partial charge is 0.443 e. The van der Waals surface area contributed by atoms with Gasteiger partial charge in [-0.15, -0.1) is 0 Å². The van der Waals surface area contributed by atoms with Crippen molar-refractivity contribution < 1.29 is 18.3 Å². The van der Waals surface area contributed by atoms with E-state index < -0.39 is 0 Å². The summed E-state index contributed by atoms with van der Waals surface area (Å²) in [6.45, 7) is 0.752. The fourth-order valence-corrected chi connectivity index (χ4v) is 3.10. The molecule has 0 radical (unpaired) electrons. The van der Waals surface area contributed by atoms with Gasteiger partial charge in [0.05, 0.1) is 6.20 Å². The molecule has 3 rings (SSSR count). The summed E-state index contributed by atoms with van der Waals surface area (Å²) in [5.41, 5.74) is 0.827. The Morgan fingerprint density at radius 1 is 1.46 bits per heavy atom. The van der Waals surface area contributed by atoms with Crippen molar-refractivity contribution in [2.75, 3.05) is 20.3 Å². The summed E-state index contributed by atoms with van der Waals surface area (Å²) in [5, 5.41) is 0. The highest BCUT2D eigenvalue weighted by molar-refractivity contribution is 5.77. The molecule has 1 fully saturated rings. The van der Waals surface area contributed by atoms with Crippen LogP contribution in [0.4, 0.5) is 4.39 Å². The Morgan fingerprint density at radius 2 is 2.33 bits per heavy atom. The van der Waals surface area contributed by atoms with Gasteiger partial charge in [0, 0.05) is 20.1 Å². The lowest BCUT2D eigenvalue weighted by atomic mass is 10.0. The number of rotatable bonds is 5. The molecule has 24 heavy (non-hydrogen) atoms. The molecule has 1 unspecified atom stereocenters. The number of carbonyl (C=O) groups excluding carboxylic acids is 1. The molecule has 0 spiro atoms. The van der Waals surface area contributed by atoms with Crippen LogP contribution in [0, 0.1) is 5.82 Å². The smallest absolute Gasteiger partial charge is 0.249 e. The molecule has 128 valence electrons. The number of methoxy groups -OCH3 is 1. The Labute approximate surface area is 140 Å². The highest BCUT2D eigenvalue weighted by Gasteiger charge is 2.31. The summed E-state index contributed by atoms with van der Waals surface area (Å²) in [5.74, 6) is 0.897. The van der Waals surface area contributed by atoms with Gasteiger partial charge in [0.25, 0.3) is 0 Å². The van der Waals surface area contributed by atoms with Crippen molar-refractivity contribution in [1.29, 1.82) is 0 Å². The summed E-state index contributed by atoms with van der Waals surface area (Å²) in [6.07, 6.45) is 4.97. The van der Waals surface area contributed by atoms with Gasteiger partial charge in [0.2, 0.25) is 11.8 Å². The first-order chi connectivity index (χ1) is 11.7. The van der Waals surface area contributed by atoms with E-state index in [1.807, 2.05) is 6.07 Å². The number of benzene rings is 1. The average Bonchev–Trinajstić information content (AvgIpc) is 3.03. The van der Waals surface area contributed by atoms with Gasteiger partial charge < -0.3 is 14.1 Å². The standard InChI is InChI=1S/C18H21FN2O3/c1-23-12-17(22)21-8-3-2-7-16(21)18-20-11-15(24-18)10-13-5-4-6-14(19)9-13/h4-6,9,11,16H,2-3,7-8,10,12H2,1H3. The molecule has 1 aliphatic heterocycles. The van der Waals surface area contributed by atoms with E-state index in [1.54, 1.807) is 17.2 Å². The van der Waals surface area contributed by atoms with Crippen molar-refractivity contribution in [3.8, 4) is 0 Å². The quantitative estimate of drug-likeness (QED) is 0.844. The van der Waals surface area contributed by atoms with Gasteiger partial charge in [-0.05, 0) is 37.0 Å². The maximum atomic E-state index is 13.3. The monoisotopic (exact) mass is 332 g/mol. The first-order valence-corrected chi connectivity index (χ1v) is 8.15. The van der Waals surface area contributed by atoms with Crippen LogP contribution >= 0.6 is 0 Å². The van der Waals surface area contributed by atoms with Crippen molar-refractivity contribution in [2.24, 2.45) is 0 Å². The normalized spacial score (nSPS) is 17.9. The van der Waals surface area contributed by atoms with Crippen LogP contribution in [0.5, 0.6) is 0 Å². The summed E-state index contributed by atoms with van der Waals surface area (Å²) in [7, 11) is 1.51. The molecule has 0 N–H and O–H groups in total. The third kappa shape index (κ3) is 3.82. The Morgan fingerprint density at radius 3 is 3.12 bits per heavy atom. The second kappa shape index (κ2) is 7.57. The number of aromatic nitrogens is 1. The zero-order chi connectivity index (χ0) is 16.9. The highest BCUT2D eigenvalue weighted by Crippen LogP contribution is 2.31. The number of carbonyl (C=O) groups is 1. The Kier molecular flexibility index (Phi) is 5.25. The van der Waals surface area contributed by atoms with Gasteiger partial charge in [-0.2, -0.15) is 0 Å². The number of amides is 1. The predicted molar refractivity (Wildman–Crippen MR) is 85.9 cm³/mol. The van der Waals surface area contributed by atoms with Gasteiger partial charge in [-0.25, -0.2) is 9.37 Å². The summed E-state index contributed by atoms with van der Waals surface area (Å²) >= 11 is 0. The minimum atomic E-state index is -0.268. The molecular formula is C18H21FN2O3. The molecule has 1 saturated heterocycles. The highest BCUT2D eigenvalue weighted by atomic mass is 19.1. The van der Waals surface area contributed by atoms with Crippen molar-refractivity contribution >= 4 is 5.91 Å². The van der Waals surface area contributed by atoms with E-state index in [0.717, 1.165) is 24.8 Å². The topological polar surface area (TPSA) is 55.6 Å². The van der Waals surface area contributed by atoms with E-state index in [0.29, 0.717) is 24.6 Å². The predicted octanol–water partition coefficient (Wildman–Crippen LogP) is 3.10. The lowest BCUT2D eigenvalue weighted by Gasteiger charge is -2.33. The molecular weight excluding hydrogens is 311 g/mol. The molecule has 2 aromatic rings. The van der Waals surface area contributed by atoms with E-state index >= 15 is 0 Å². The molecule has 1 aromatic carbocycles. The zero-order valence-corrected chi connectivity index (χ0v) is 13.7. The fourth-order valence-electron chi connectivity index (χ4n) is 3.10. The number of hydrogen-bond donors (Lipinski definition) is 0. The van der Waals surface area contributed by atoms with Gasteiger partial charge in [-0.1, -0.05) is 12.1 Å². The van der Waals surface area contributed by atoms with Crippen LogP contribution in [-0.4, -0.2) is 36.1 Å². The first-order valence-electron chi connectivity index (χ1n) is 8.15. The van der Waals surface area contributed by atoms with Crippen LogP contribution in [0.1, 0.15) is 42.5 Å². The molecule has 1 aromatic heterocycles. The van der Waals surface area contributed by atoms with E-state index in [-0.39, 0.29) is 24.4 Å². The van der Waals surface area contributed by atoms with Crippen LogP contribution in [-0.2, 0) is 16.0 Å². The lowest BCUT2D eigenvalue weighted by Crippen LogP contribution is -2.40. The van der Waals surface area contributed by atoms with Gasteiger partial charge in [0.1, 0.15) is 24.2 Å². The van der Waals surface area contributed by atoms with Crippen molar-refractivity contribution in [1.82, 2.24) is 9.88 Å². The second-order valence-electron chi connectivity index (χ2n) is 6.00. The van der Waals surface area contributed by atoms with Crippen LogP contribution in [0.15, 0.2) is 34.9 Å². The fraction of sp³-hybridized carbons (Fsp3) is 0.444. The van der Waals surface area contributed by atoms with E-state index in [1.165, 1.54) is 19.2 Å². The Bertz CT molecular complexity index is 701. The number of piperidine rings is 1. The van der Waals surface area contributed by atoms with Crippen molar-refractivity contribution in [2.45, 2.75) is 31.7 Å². The molecule has 1 amide bonds. The molecule has 1 atom stereocenters. The molecule has 0 aliphatic carbocycles. The van der Waals surface area contributed by atoms with Crippen LogP contribution in [0.3, 0.4) is 0 Å². The third-order valence-corrected chi connectivity index (χ3v) is 4.21. The Hall–Kier alpha value is -2.21. The number of oxazole rings is 1. The number of ether oxygens (including phenoxy) is 1. The summed E-state index contributed by atoms with van der Waals surface area (Å²) in [4.78, 5) is 18.3. The maximum Gasteiger partial charge on any atom is 0.249 e. The minimum Gasteiger partial charge on any atom is -0.443 e. The van der Waals surface area contributed by atoms with Crippen LogP contribution in [0.2, 0.25) is 0 Å². The Balaban J connectivity index is 1.74. The minimum absolute atomic E-state index is 0.0490. The number of hydrogen-bond acceptors (Lipinski definition) is 4. The molecule has 1 aliphatic rings. The molecule has 5 nitrogen and oxygen atoms in total. The van der Waals surface area contributed by atoms with Crippen LogP contribution < -0.4 is 0 Å². The van der Waals surface area contributed by atoms with E-state index in [9.17, 15) is 9.18 Å². The molecule has 0 bridgehead atoms. The average molecular weight is 332 g/mol. The number of halogens is 1. The second-order valence-corrected chi connectivity index (χ2v) is 6.00. The van der Waals surface area contributed by atoms with Crippen molar-refractivity contribution in [3.05, 3.63) is 53.5 Å². The molecule has 2 heterocycles. The SMILES string of the molecule is COCC(=O)N1CCCCC1c1ncc(Cc2cccc(F)c2)o1. The molecule has 6 heteroatoms. The van der Waals surface area contributed by atoms with Crippen LogP contribution in [0.25, 0.3) is 0 Å². The maximum absolute atomic E-state index is 13.3. The van der Waals surface area contributed by atoms with E-state index in [4.69, 9.17) is 9.15 Å². The molecule has 0 saturated carbocycles. The summed E-state index contributed by atoms with van der Waals surface area (Å²) < 4.78 is 24.1. The summed E-state index contributed by atoms with van der Waals surface area (Å²) in [6, 6.07) is 6.27.